The van der Waals surface area contributed by atoms with Crippen molar-refractivity contribution in [3.8, 4) is 0 Å². The number of hydrogen-bond donors (Lipinski definition) is 0. The van der Waals surface area contributed by atoms with Crippen molar-refractivity contribution in [2.24, 2.45) is 0 Å². The Morgan fingerprint density at radius 3 is 2.21 bits per heavy atom. The van der Waals surface area contributed by atoms with Gasteiger partial charge in [0.15, 0.2) is 10.9 Å². The molecule has 0 fully saturated rings. The zero-order chi connectivity index (χ0) is 14.0. The number of aryl methyl sites for hydroxylation is 2. The Balaban J connectivity index is 2.24. The van der Waals surface area contributed by atoms with Crippen LogP contribution in [0.2, 0.25) is 0 Å². The lowest BCUT2D eigenvalue weighted by Gasteiger charge is -2.06. The maximum Gasteiger partial charge on any atom is 0.192 e. The van der Waals surface area contributed by atoms with Gasteiger partial charge in [-0.2, -0.15) is 0 Å². The summed E-state index contributed by atoms with van der Waals surface area (Å²) in [6.45, 7) is 7.48. The minimum atomic E-state index is -0.0326. The van der Waals surface area contributed by atoms with Crippen molar-refractivity contribution in [3.05, 3.63) is 41.0 Å². The topological polar surface area (TPSA) is 55.7 Å². The summed E-state index contributed by atoms with van der Waals surface area (Å²) in [6, 6.07) is 3.58. The Labute approximate surface area is 116 Å². The Morgan fingerprint density at radius 1 is 1.11 bits per heavy atom. The number of aromatic nitrogens is 3. The second-order valence-corrected chi connectivity index (χ2v) is 5.38. The predicted octanol–water partition coefficient (Wildman–Crippen LogP) is 3.15. The summed E-state index contributed by atoms with van der Waals surface area (Å²) in [6.07, 6.45) is 1.68. The van der Waals surface area contributed by atoms with Crippen LogP contribution in [0.1, 0.15) is 34.4 Å². The zero-order valence-corrected chi connectivity index (χ0v) is 12.2. The summed E-state index contributed by atoms with van der Waals surface area (Å²) in [5.74, 6) is -0.0326. The van der Waals surface area contributed by atoms with Gasteiger partial charge in [-0.15, -0.1) is 0 Å². The molecule has 0 spiro atoms. The summed E-state index contributed by atoms with van der Waals surface area (Å²) >= 11 is 1.45. The molecule has 0 saturated carbocycles. The highest BCUT2D eigenvalue weighted by molar-refractivity contribution is 7.99. The first-order valence-electron chi connectivity index (χ1n) is 5.94. The second kappa shape index (κ2) is 5.48. The maximum absolute atomic E-state index is 11.1. The van der Waals surface area contributed by atoms with Crippen molar-refractivity contribution >= 4 is 17.5 Å². The van der Waals surface area contributed by atoms with Crippen molar-refractivity contribution in [2.45, 2.75) is 37.7 Å². The number of nitrogens with zero attached hydrogens (tertiary/aromatic N) is 3. The molecule has 0 bridgehead atoms. The number of ketones is 1. The van der Waals surface area contributed by atoms with Crippen LogP contribution in [0.3, 0.4) is 0 Å². The summed E-state index contributed by atoms with van der Waals surface area (Å²) in [5.41, 5.74) is 3.57. The highest BCUT2D eigenvalue weighted by atomic mass is 32.2. The molecule has 2 rings (SSSR count). The molecule has 4 nitrogen and oxygen atoms in total. The van der Waals surface area contributed by atoms with E-state index >= 15 is 0 Å². The first-order chi connectivity index (χ1) is 8.97. The molecule has 0 unspecified atom stereocenters. The van der Waals surface area contributed by atoms with E-state index in [2.05, 4.69) is 15.0 Å². The van der Waals surface area contributed by atoms with Gasteiger partial charge in [-0.3, -0.25) is 9.78 Å². The van der Waals surface area contributed by atoms with E-state index in [0.29, 0.717) is 10.9 Å². The van der Waals surface area contributed by atoms with E-state index in [1.54, 1.807) is 12.3 Å². The van der Waals surface area contributed by atoms with Crippen LogP contribution in [0, 0.1) is 20.8 Å². The van der Waals surface area contributed by atoms with Crippen molar-refractivity contribution in [2.75, 3.05) is 0 Å². The first kappa shape index (κ1) is 13.7. The molecule has 0 aliphatic heterocycles. The Morgan fingerprint density at radius 2 is 1.74 bits per heavy atom. The highest BCUT2D eigenvalue weighted by Gasteiger charge is 2.07. The number of hydrogen-bond acceptors (Lipinski definition) is 5. The predicted molar refractivity (Wildman–Crippen MR) is 74.6 cm³/mol. The van der Waals surface area contributed by atoms with Crippen molar-refractivity contribution in [3.63, 3.8) is 0 Å². The van der Waals surface area contributed by atoms with Crippen LogP contribution in [-0.2, 0) is 0 Å². The van der Waals surface area contributed by atoms with Crippen LogP contribution in [0.5, 0.6) is 0 Å². The minimum absolute atomic E-state index is 0.0326. The molecule has 0 radical (unpaired) electrons. The fourth-order valence-electron chi connectivity index (χ4n) is 1.54. The average Bonchev–Trinajstić information content (AvgIpc) is 2.36. The number of Topliss-reactive ketones (excluding diaryl/α,β-unsaturated/α-hetero) is 1. The van der Waals surface area contributed by atoms with Crippen molar-refractivity contribution < 1.29 is 4.79 Å². The van der Waals surface area contributed by atoms with Gasteiger partial charge in [0.05, 0.1) is 0 Å². The van der Waals surface area contributed by atoms with Gasteiger partial charge >= 0.3 is 0 Å². The van der Waals surface area contributed by atoms with Gasteiger partial charge in [0.2, 0.25) is 0 Å². The SMILES string of the molecule is CC(=O)c1ccc(Sc2nc(C)c(C)c(C)n2)cn1. The third-order valence-corrected chi connectivity index (χ3v) is 3.76. The first-order valence-corrected chi connectivity index (χ1v) is 6.75. The number of carbonyl (C=O) groups excluding carboxylic acids is 1. The molecular formula is C14H15N3OS. The lowest BCUT2D eigenvalue weighted by Crippen LogP contribution is -1.98. The van der Waals surface area contributed by atoms with E-state index in [0.717, 1.165) is 21.8 Å². The van der Waals surface area contributed by atoms with Gasteiger partial charge in [-0.25, -0.2) is 9.97 Å². The zero-order valence-electron chi connectivity index (χ0n) is 11.4. The third-order valence-electron chi connectivity index (χ3n) is 2.92. The van der Waals surface area contributed by atoms with Crippen LogP contribution in [0.15, 0.2) is 28.4 Å². The molecule has 19 heavy (non-hydrogen) atoms. The molecular weight excluding hydrogens is 258 g/mol. The molecule has 2 aromatic heterocycles. The molecule has 0 aliphatic rings. The molecule has 0 aliphatic carbocycles. The second-order valence-electron chi connectivity index (χ2n) is 4.34. The third kappa shape index (κ3) is 3.17. The van der Waals surface area contributed by atoms with Gasteiger partial charge in [0.25, 0.3) is 0 Å². The summed E-state index contributed by atoms with van der Waals surface area (Å²) in [4.78, 5) is 25.1. The van der Waals surface area contributed by atoms with Crippen LogP contribution >= 0.6 is 11.8 Å². The van der Waals surface area contributed by atoms with Gasteiger partial charge in [0, 0.05) is 29.4 Å². The van der Waals surface area contributed by atoms with E-state index in [4.69, 9.17) is 0 Å². The molecule has 0 amide bonds. The summed E-state index contributed by atoms with van der Waals surface area (Å²) in [7, 11) is 0. The molecule has 0 N–H and O–H groups in total. The van der Waals surface area contributed by atoms with Gasteiger partial charge < -0.3 is 0 Å². The molecule has 2 aromatic rings. The fraction of sp³-hybridized carbons (Fsp3) is 0.286. The molecule has 5 heteroatoms. The lowest BCUT2D eigenvalue weighted by molar-refractivity contribution is 0.101. The van der Waals surface area contributed by atoms with Crippen LogP contribution in [0.25, 0.3) is 0 Å². The normalized spacial score (nSPS) is 10.5. The maximum atomic E-state index is 11.1. The van der Waals surface area contributed by atoms with Crippen molar-refractivity contribution in [1.29, 1.82) is 0 Å². The number of carbonyl (C=O) groups is 1. The summed E-state index contributed by atoms with van der Waals surface area (Å²) < 4.78 is 0. The summed E-state index contributed by atoms with van der Waals surface area (Å²) in [5, 5.41) is 0.706. The van der Waals surface area contributed by atoms with Gasteiger partial charge in [0.1, 0.15) is 5.69 Å². The van der Waals surface area contributed by atoms with Gasteiger partial charge in [-0.1, -0.05) is 0 Å². The standard InChI is InChI=1S/C14H15N3OS/c1-8-9(2)16-14(17-10(8)3)19-12-5-6-13(11(4)18)15-7-12/h5-7H,1-4H3. The van der Waals surface area contributed by atoms with E-state index < -0.39 is 0 Å². The Bertz CT molecular complexity index is 600. The lowest BCUT2D eigenvalue weighted by atomic mass is 10.2. The Hall–Kier alpha value is -1.75. The number of pyridine rings is 1. The van der Waals surface area contributed by atoms with E-state index in [1.807, 2.05) is 26.8 Å². The molecule has 0 aromatic carbocycles. The van der Waals surface area contributed by atoms with Crippen molar-refractivity contribution in [1.82, 2.24) is 15.0 Å². The monoisotopic (exact) mass is 273 g/mol. The smallest absolute Gasteiger partial charge is 0.192 e. The average molecular weight is 273 g/mol. The Kier molecular flexibility index (Phi) is 3.95. The van der Waals surface area contributed by atoms with Crippen LogP contribution in [0.4, 0.5) is 0 Å². The molecule has 98 valence electrons. The van der Waals surface area contributed by atoms with E-state index in [1.165, 1.54) is 18.7 Å². The van der Waals surface area contributed by atoms with Gasteiger partial charge in [-0.05, 0) is 50.2 Å². The highest BCUT2D eigenvalue weighted by Crippen LogP contribution is 2.25. The molecule has 0 saturated heterocycles. The van der Waals surface area contributed by atoms with E-state index in [-0.39, 0.29) is 5.78 Å². The molecule has 2 heterocycles. The fourth-order valence-corrected chi connectivity index (χ4v) is 2.36. The molecule has 0 atom stereocenters. The quantitative estimate of drug-likeness (QED) is 0.635. The largest absolute Gasteiger partial charge is 0.293 e. The minimum Gasteiger partial charge on any atom is -0.293 e. The number of rotatable bonds is 3. The van der Waals surface area contributed by atoms with E-state index in [9.17, 15) is 4.79 Å². The van der Waals surface area contributed by atoms with Crippen LogP contribution in [-0.4, -0.2) is 20.7 Å². The van der Waals surface area contributed by atoms with Crippen LogP contribution < -0.4 is 0 Å².